The lowest BCUT2D eigenvalue weighted by molar-refractivity contribution is 0.148. The van der Waals surface area contributed by atoms with Crippen LogP contribution in [0.1, 0.15) is 16.7 Å². The maximum Gasteiger partial charge on any atom is 0.171 e. The summed E-state index contributed by atoms with van der Waals surface area (Å²) in [5.41, 5.74) is 4.84. The van der Waals surface area contributed by atoms with Gasteiger partial charge in [-0.2, -0.15) is 0 Å². The van der Waals surface area contributed by atoms with Crippen LogP contribution in [0.25, 0.3) is 16.9 Å². The molecule has 2 aliphatic heterocycles. The molecule has 7 nitrogen and oxygen atoms in total. The van der Waals surface area contributed by atoms with E-state index in [-0.39, 0.29) is 11.9 Å². The quantitative estimate of drug-likeness (QED) is 0.524. The summed E-state index contributed by atoms with van der Waals surface area (Å²) in [5.74, 6) is 1.78. The van der Waals surface area contributed by atoms with Crippen molar-refractivity contribution in [2.24, 2.45) is 0 Å². The van der Waals surface area contributed by atoms with Gasteiger partial charge < -0.3 is 14.8 Å². The van der Waals surface area contributed by atoms with Crippen molar-refractivity contribution in [2.75, 3.05) is 11.9 Å². The van der Waals surface area contributed by atoms with E-state index in [4.69, 9.17) is 9.47 Å². The minimum atomic E-state index is -0.241. The van der Waals surface area contributed by atoms with Crippen LogP contribution in [0.5, 0.6) is 11.5 Å². The predicted molar refractivity (Wildman–Crippen MR) is 108 cm³/mol. The van der Waals surface area contributed by atoms with Crippen LogP contribution >= 0.6 is 0 Å². The Kier molecular flexibility index (Phi) is 3.68. The third kappa shape index (κ3) is 2.53. The van der Waals surface area contributed by atoms with E-state index in [1.54, 1.807) is 18.6 Å². The fourth-order valence-corrected chi connectivity index (χ4v) is 4.25. The largest absolute Gasteiger partial charge is 0.486 e. The molecule has 0 radical (unpaired) electrons. The van der Waals surface area contributed by atoms with Gasteiger partial charge in [0, 0.05) is 35.9 Å². The number of benzene rings is 1. The van der Waals surface area contributed by atoms with Gasteiger partial charge in [-0.05, 0) is 36.8 Å². The summed E-state index contributed by atoms with van der Waals surface area (Å²) in [6.45, 7) is 2.65. The van der Waals surface area contributed by atoms with E-state index < -0.39 is 0 Å². The molecule has 4 aromatic rings. The monoisotopic (exact) mass is 403 g/mol. The maximum atomic E-state index is 14.6. The average Bonchev–Trinajstić information content (AvgIpc) is 3.39. The number of aromatic nitrogens is 4. The number of rotatable bonds is 1. The summed E-state index contributed by atoms with van der Waals surface area (Å²) in [6, 6.07) is 8.98. The van der Waals surface area contributed by atoms with Gasteiger partial charge in [0.2, 0.25) is 0 Å². The fraction of sp³-hybridized carbons (Fsp3) is 0.227. The molecule has 6 rings (SSSR count). The molecule has 1 atom stereocenters. The number of ether oxygens (including phenoxy) is 2. The zero-order chi connectivity index (χ0) is 20.2. The number of fused-ring (bicyclic) bond motifs is 4. The van der Waals surface area contributed by atoms with Crippen molar-refractivity contribution in [1.29, 1.82) is 0 Å². The first-order chi connectivity index (χ1) is 14.7. The van der Waals surface area contributed by atoms with Gasteiger partial charge in [-0.3, -0.25) is 9.38 Å². The number of nitrogens with zero attached hydrogens (tertiary/aromatic N) is 4. The van der Waals surface area contributed by atoms with Crippen LogP contribution in [0, 0.1) is 12.7 Å². The van der Waals surface area contributed by atoms with E-state index in [1.807, 2.05) is 29.5 Å². The number of hydrogen-bond acceptors (Lipinski definition) is 6. The molecule has 1 unspecified atom stereocenters. The molecule has 0 spiro atoms. The zero-order valence-corrected chi connectivity index (χ0v) is 16.2. The topological polar surface area (TPSA) is 73.6 Å². The van der Waals surface area contributed by atoms with E-state index in [2.05, 4.69) is 20.5 Å². The van der Waals surface area contributed by atoms with Crippen molar-refractivity contribution >= 4 is 11.5 Å². The first-order valence-corrected chi connectivity index (χ1v) is 9.81. The lowest BCUT2D eigenvalue weighted by Crippen LogP contribution is -2.24. The first kappa shape index (κ1) is 17.2. The van der Waals surface area contributed by atoms with Gasteiger partial charge in [-0.15, -0.1) is 10.2 Å². The molecular weight excluding hydrogens is 385 g/mol. The lowest BCUT2D eigenvalue weighted by atomic mass is 10.0. The summed E-state index contributed by atoms with van der Waals surface area (Å²) in [4.78, 5) is 4.54. The lowest BCUT2D eigenvalue weighted by Gasteiger charge is -2.20. The van der Waals surface area contributed by atoms with Crippen LogP contribution in [-0.2, 0) is 13.0 Å². The second-order valence-corrected chi connectivity index (χ2v) is 7.58. The molecule has 0 saturated carbocycles. The Bertz CT molecular complexity index is 1300. The van der Waals surface area contributed by atoms with Gasteiger partial charge in [0.1, 0.15) is 30.6 Å². The van der Waals surface area contributed by atoms with Gasteiger partial charge in [-0.25, -0.2) is 4.39 Å². The highest BCUT2D eigenvalue weighted by Gasteiger charge is 2.30. The number of hydrogen-bond donors (Lipinski definition) is 1. The van der Waals surface area contributed by atoms with Crippen molar-refractivity contribution in [3.63, 3.8) is 0 Å². The Morgan fingerprint density at radius 2 is 2.13 bits per heavy atom. The molecule has 0 amide bonds. The molecule has 0 aliphatic carbocycles. The fourth-order valence-electron chi connectivity index (χ4n) is 4.25. The summed E-state index contributed by atoms with van der Waals surface area (Å²) in [5, 5.41) is 11.7. The first-order valence-electron chi connectivity index (χ1n) is 9.81. The Balaban J connectivity index is 1.53. The molecule has 2 bridgehead atoms. The smallest absolute Gasteiger partial charge is 0.171 e. The summed E-state index contributed by atoms with van der Waals surface area (Å²) < 4.78 is 28.6. The van der Waals surface area contributed by atoms with Crippen molar-refractivity contribution < 1.29 is 13.9 Å². The molecule has 2 aliphatic rings. The van der Waals surface area contributed by atoms with Crippen molar-refractivity contribution in [2.45, 2.75) is 26.0 Å². The summed E-state index contributed by atoms with van der Waals surface area (Å²) >= 11 is 0. The number of nitrogens with one attached hydrogen (secondary N) is 1. The van der Waals surface area contributed by atoms with Crippen molar-refractivity contribution in [3.8, 4) is 22.8 Å². The standard InChI is InChI=1S/C22H18FN5O2/c1-12-3-2-6-24-20(12)15-8-19-22(28-11-26-27-21(15)28)25-9-16-14-7-13(10-29-19)30-18(14)5-4-17(16)23/h2-6,8,11,13,25H,7,9-10H2,1H3. The summed E-state index contributed by atoms with van der Waals surface area (Å²) in [7, 11) is 0. The molecular formula is C22H18FN5O2. The SMILES string of the molecule is Cc1cccnc1-c1cc2c(n3cnnc13)NCc1c(F)ccc3c1CC(CO2)O3. The number of pyridine rings is 2. The molecule has 8 heteroatoms. The van der Waals surface area contributed by atoms with Gasteiger partial charge in [0.05, 0.1) is 5.69 Å². The van der Waals surface area contributed by atoms with E-state index >= 15 is 0 Å². The third-order valence-corrected chi connectivity index (χ3v) is 5.72. The highest BCUT2D eigenvalue weighted by atomic mass is 19.1. The minimum absolute atomic E-state index is 0.164. The molecule has 0 saturated heterocycles. The third-order valence-electron chi connectivity index (χ3n) is 5.72. The number of halogens is 1. The van der Waals surface area contributed by atoms with Crippen LogP contribution < -0.4 is 14.8 Å². The van der Waals surface area contributed by atoms with Crippen LogP contribution in [0.3, 0.4) is 0 Å². The van der Waals surface area contributed by atoms with Crippen LogP contribution in [0.2, 0.25) is 0 Å². The Morgan fingerprint density at radius 1 is 1.20 bits per heavy atom. The van der Waals surface area contributed by atoms with E-state index in [9.17, 15) is 4.39 Å². The number of aryl methyl sites for hydroxylation is 1. The second kappa shape index (κ2) is 6.41. The van der Waals surface area contributed by atoms with Crippen molar-refractivity contribution in [1.82, 2.24) is 19.6 Å². The van der Waals surface area contributed by atoms with Crippen LogP contribution in [0.15, 0.2) is 42.9 Å². The van der Waals surface area contributed by atoms with Gasteiger partial charge >= 0.3 is 0 Å². The Labute approximate surface area is 171 Å². The van der Waals surface area contributed by atoms with Gasteiger partial charge in [0.25, 0.3) is 0 Å². The van der Waals surface area contributed by atoms with Crippen molar-refractivity contribution in [3.05, 3.63) is 65.4 Å². The molecule has 1 N–H and O–H groups in total. The second-order valence-electron chi connectivity index (χ2n) is 7.58. The molecule has 5 heterocycles. The van der Waals surface area contributed by atoms with Crippen LogP contribution in [0.4, 0.5) is 10.2 Å². The zero-order valence-electron chi connectivity index (χ0n) is 16.2. The molecule has 0 fully saturated rings. The molecule has 3 aromatic heterocycles. The Morgan fingerprint density at radius 3 is 3.03 bits per heavy atom. The highest BCUT2D eigenvalue weighted by molar-refractivity contribution is 5.81. The molecule has 150 valence electrons. The molecule has 1 aromatic carbocycles. The maximum absolute atomic E-state index is 14.6. The van der Waals surface area contributed by atoms with E-state index in [1.165, 1.54) is 6.07 Å². The minimum Gasteiger partial charge on any atom is -0.486 e. The number of anilines is 1. The predicted octanol–water partition coefficient (Wildman–Crippen LogP) is 3.55. The highest BCUT2D eigenvalue weighted by Crippen LogP contribution is 2.38. The van der Waals surface area contributed by atoms with E-state index in [0.717, 1.165) is 28.1 Å². The van der Waals surface area contributed by atoms with E-state index in [0.29, 0.717) is 42.4 Å². The van der Waals surface area contributed by atoms with Gasteiger partial charge in [0.15, 0.2) is 17.2 Å². The van der Waals surface area contributed by atoms with Gasteiger partial charge in [-0.1, -0.05) is 6.07 Å². The molecule has 30 heavy (non-hydrogen) atoms. The van der Waals surface area contributed by atoms with Crippen LogP contribution in [-0.4, -0.2) is 32.3 Å². The normalized spacial score (nSPS) is 17.1. The summed E-state index contributed by atoms with van der Waals surface area (Å²) in [6.07, 6.45) is 3.84. The Hall–Kier alpha value is -3.68. The average molecular weight is 403 g/mol.